The van der Waals surface area contributed by atoms with Crippen LogP contribution in [0.25, 0.3) is 0 Å². The SMILES string of the molecule is CCCCCCCCCCCCCCOc1ccc(CC#N)cc1. The molecule has 1 aromatic carbocycles. The molecule has 0 radical (unpaired) electrons. The van der Waals surface area contributed by atoms with Crippen molar-refractivity contribution in [2.45, 2.75) is 90.4 Å². The van der Waals surface area contributed by atoms with E-state index in [4.69, 9.17) is 10.00 Å². The molecule has 2 heteroatoms. The van der Waals surface area contributed by atoms with E-state index >= 15 is 0 Å². The number of nitrogens with zero attached hydrogens (tertiary/aromatic N) is 1. The zero-order valence-corrected chi connectivity index (χ0v) is 15.6. The second-order valence-corrected chi connectivity index (χ2v) is 6.72. The first kappa shape index (κ1) is 20.6. The van der Waals surface area contributed by atoms with Crippen LogP contribution in [0.1, 0.15) is 89.5 Å². The monoisotopic (exact) mass is 329 g/mol. The Balaban J connectivity index is 1.86. The molecule has 2 nitrogen and oxygen atoms in total. The lowest BCUT2D eigenvalue weighted by molar-refractivity contribution is 0.304. The number of nitriles is 1. The van der Waals surface area contributed by atoms with Gasteiger partial charge in [-0.15, -0.1) is 0 Å². The zero-order chi connectivity index (χ0) is 17.3. The maximum absolute atomic E-state index is 8.64. The van der Waals surface area contributed by atoms with Crippen molar-refractivity contribution < 1.29 is 4.74 Å². The van der Waals surface area contributed by atoms with Crippen LogP contribution in [0, 0.1) is 11.3 Å². The molecule has 0 bridgehead atoms. The summed E-state index contributed by atoms with van der Waals surface area (Å²) in [6, 6.07) is 10.0. The van der Waals surface area contributed by atoms with Crippen LogP contribution < -0.4 is 4.74 Å². The summed E-state index contributed by atoms with van der Waals surface area (Å²) in [5.41, 5.74) is 1.05. The van der Waals surface area contributed by atoms with E-state index < -0.39 is 0 Å². The number of hydrogen-bond acceptors (Lipinski definition) is 2. The Morgan fingerprint density at radius 1 is 0.750 bits per heavy atom. The molecule has 0 aromatic heterocycles. The Morgan fingerprint density at radius 2 is 1.25 bits per heavy atom. The molecule has 0 unspecified atom stereocenters. The minimum absolute atomic E-state index is 0.471. The van der Waals surface area contributed by atoms with Gasteiger partial charge in [0.15, 0.2) is 0 Å². The topological polar surface area (TPSA) is 33.0 Å². The highest BCUT2D eigenvalue weighted by molar-refractivity contribution is 5.28. The molecule has 0 fully saturated rings. The third-order valence-electron chi connectivity index (χ3n) is 4.47. The molecule has 0 atom stereocenters. The summed E-state index contributed by atoms with van der Waals surface area (Å²) in [5, 5.41) is 8.64. The van der Waals surface area contributed by atoms with Crippen LogP contribution in [0.5, 0.6) is 5.75 Å². The predicted octanol–water partition coefficient (Wildman–Crippen LogP) is 6.83. The molecule has 134 valence electrons. The van der Waals surface area contributed by atoms with E-state index in [-0.39, 0.29) is 0 Å². The highest BCUT2D eigenvalue weighted by Gasteiger charge is 1.96. The highest BCUT2D eigenvalue weighted by Crippen LogP contribution is 2.14. The predicted molar refractivity (Wildman–Crippen MR) is 102 cm³/mol. The second-order valence-electron chi connectivity index (χ2n) is 6.72. The fourth-order valence-electron chi connectivity index (χ4n) is 2.93. The van der Waals surface area contributed by atoms with Gasteiger partial charge in [0.25, 0.3) is 0 Å². The molecule has 1 rings (SSSR count). The van der Waals surface area contributed by atoms with Gasteiger partial charge in [0.2, 0.25) is 0 Å². The Bertz CT molecular complexity index is 432. The third kappa shape index (κ3) is 11.1. The van der Waals surface area contributed by atoms with Gasteiger partial charge in [-0.2, -0.15) is 5.26 Å². The van der Waals surface area contributed by atoms with Crippen LogP contribution in [0.15, 0.2) is 24.3 Å². The number of hydrogen-bond donors (Lipinski definition) is 0. The van der Waals surface area contributed by atoms with Crippen molar-refractivity contribution in [2.75, 3.05) is 6.61 Å². The van der Waals surface area contributed by atoms with Gasteiger partial charge in [0.1, 0.15) is 5.75 Å². The first-order chi connectivity index (χ1) is 11.9. The van der Waals surface area contributed by atoms with E-state index in [1.165, 1.54) is 70.6 Å². The van der Waals surface area contributed by atoms with Gasteiger partial charge in [-0.3, -0.25) is 0 Å². The molecule has 0 heterocycles. The van der Waals surface area contributed by atoms with E-state index in [1.54, 1.807) is 0 Å². The average molecular weight is 330 g/mol. The highest BCUT2D eigenvalue weighted by atomic mass is 16.5. The van der Waals surface area contributed by atoms with Crippen LogP contribution in [-0.4, -0.2) is 6.61 Å². The maximum atomic E-state index is 8.64. The Morgan fingerprint density at radius 3 is 1.75 bits per heavy atom. The van der Waals surface area contributed by atoms with Crippen LogP contribution in [0.4, 0.5) is 0 Å². The van der Waals surface area contributed by atoms with Crippen LogP contribution in [0.3, 0.4) is 0 Å². The Labute approximate surface area is 149 Å². The van der Waals surface area contributed by atoms with Crippen molar-refractivity contribution in [3.8, 4) is 11.8 Å². The first-order valence-corrected chi connectivity index (χ1v) is 9.95. The maximum Gasteiger partial charge on any atom is 0.119 e. The summed E-state index contributed by atoms with van der Waals surface area (Å²) < 4.78 is 5.75. The summed E-state index contributed by atoms with van der Waals surface area (Å²) >= 11 is 0. The van der Waals surface area contributed by atoms with Crippen molar-refractivity contribution in [3.63, 3.8) is 0 Å². The van der Waals surface area contributed by atoms with E-state index in [9.17, 15) is 0 Å². The molecule has 0 aliphatic rings. The van der Waals surface area contributed by atoms with Gasteiger partial charge in [-0.05, 0) is 24.1 Å². The van der Waals surface area contributed by atoms with Crippen molar-refractivity contribution in [3.05, 3.63) is 29.8 Å². The number of ether oxygens (including phenoxy) is 1. The minimum atomic E-state index is 0.471. The van der Waals surface area contributed by atoms with Crippen LogP contribution in [-0.2, 0) is 6.42 Å². The summed E-state index contributed by atoms with van der Waals surface area (Å²) in [5.74, 6) is 0.916. The van der Waals surface area contributed by atoms with Gasteiger partial charge in [-0.25, -0.2) is 0 Å². The fraction of sp³-hybridized carbons (Fsp3) is 0.682. The minimum Gasteiger partial charge on any atom is -0.494 e. The van der Waals surface area contributed by atoms with E-state index in [0.29, 0.717) is 6.42 Å². The average Bonchev–Trinajstić information content (AvgIpc) is 2.60. The molecule has 0 aliphatic heterocycles. The van der Waals surface area contributed by atoms with Gasteiger partial charge >= 0.3 is 0 Å². The molecule has 24 heavy (non-hydrogen) atoms. The smallest absolute Gasteiger partial charge is 0.119 e. The quantitative estimate of drug-likeness (QED) is 0.330. The Kier molecular flexibility index (Phi) is 12.9. The molecule has 0 saturated carbocycles. The number of benzene rings is 1. The molecule has 0 spiro atoms. The molecule has 0 saturated heterocycles. The fourth-order valence-corrected chi connectivity index (χ4v) is 2.93. The summed E-state index contributed by atoms with van der Waals surface area (Å²) in [4.78, 5) is 0. The molecular weight excluding hydrogens is 294 g/mol. The Hall–Kier alpha value is -1.49. The van der Waals surface area contributed by atoms with Crippen molar-refractivity contribution in [1.29, 1.82) is 5.26 Å². The molecule has 0 aliphatic carbocycles. The lowest BCUT2D eigenvalue weighted by Gasteiger charge is -2.06. The molecule has 0 amide bonds. The summed E-state index contributed by atoms with van der Waals surface area (Å²) in [7, 11) is 0. The number of unbranched alkanes of at least 4 members (excludes halogenated alkanes) is 11. The van der Waals surface area contributed by atoms with Gasteiger partial charge in [0, 0.05) is 0 Å². The van der Waals surface area contributed by atoms with Crippen molar-refractivity contribution >= 4 is 0 Å². The molecule has 1 aromatic rings. The lowest BCUT2D eigenvalue weighted by atomic mass is 10.1. The summed E-state index contributed by atoms with van der Waals surface area (Å²) in [6.07, 6.45) is 16.9. The molecular formula is C22H35NO. The third-order valence-corrected chi connectivity index (χ3v) is 4.47. The lowest BCUT2D eigenvalue weighted by Crippen LogP contribution is -1.97. The number of rotatable bonds is 15. The van der Waals surface area contributed by atoms with E-state index in [0.717, 1.165) is 24.3 Å². The second kappa shape index (κ2) is 15.1. The van der Waals surface area contributed by atoms with Crippen LogP contribution >= 0.6 is 0 Å². The van der Waals surface area contributed by atoms with E-state index in [2.05, 4.69) is 13.0 Å². The summed E-state index contributed by atoms with van der Waals surface area (Å²) in [6.45, 7) is 3.08. The normalized spacial score (nSPS) is 10.5. The van der Waals surface area contributed by atoms with Crippen molar-refractivity contribution in [1.82, 2.24) is 0 Å². The molecule has 0 N–H and O–H groups in total. The van der Waals surface area contributed by atoms with Gasteiger partial charge < -0.3 is 4.74 Å². The zero-order valence-electron chi connectivity index (χ0n) is 15.6. The van der Waals surface area contributed by atoms with Crippen LogP contribution in [0.2, 0.25) is 0 Å². The van der Waals surface area contributed by atoms with Gasteiger partial charge in [-0.1, -0.05) is 89.7 Å². The first-order valence-electron chi connectivity index (χ1n) is 9.95. The van der Waals surface area contributed by atoms with E-state index in [1.807, 2.05) is 24.3 Å². The van der Waals surface area contributed by atoms with Crippen molar-refractivity contribution in [2.24, 2.45) is 0 Å². The standard InChI is InChI=1S/C22H35NO/c1-2-3-4-5-6-7-8-9-10-11-12-13-20-24-22-16-14-21(15-17-22)18-19-23/h14-17H,2-13,18,20H2,1H3. The van der Waals surface area contributed by atoms with Gasteiger partial charge in [0.05, 0.1) is 19.1 Å². The largest absolute Gasteiger partial charge is 0.494 e.